The highest BCUT2D eigenvalue weighted by atomic mass is 16.5. The molecule has 1 heterocycles. The van der Waals surface area contributed by atoms with Crippen molar-refractivity contribution in [2.24, 2.45) is 5.92 Å². The number of nitrogens with zero attached hydrogens (tertiary/aromatic N) is 2. The second kappa shape index (κ2) is 10.4. The predicted octanol–water partition coefficient (Wildman–Crippen LogP) is 4.10. The SMILES string of the molecule is C=C1c2ccc(-c3ccc(CNN(C)C)cc3)cc2C=CN1CC[C@@H](CC)C(=O)NO. The molecule has 0 aliphatic carbocycles. The quantitative estimate of drug-likeness (QED) is 0.421. The van der Waals surface area contributed by atoms with E-state index in [1.54, 1.807) is 5.48 Å². The first-order chi connectivity index (χ1) is 14.9. The third-order valence-corrected chi connectivity index (χ3v) is 5.72. The molecule has 0 aromatic heterocycles. The van der Waals surface area contributed by atoms with Gasteiger partial charge in [0.25, 0.3) is 0 Å². The Labute approximate surface area is 184 Å². The van der Waals surface area contributed by atoms with E-state index in [9.17, 15) is 4.79 Å². The van der Waals surface area contributed by atoms with Crippen LogP contribution in [0, 0.1) is 5.92 Å². The maximum Gasteiger partial charge on any atom is 0.246 e. The molecule has 1 amide bonds. The highest BCUT2D eigenvalue weighted by molar-refractivity contribution is 5.80. The smallest absolute Gasteiger partial charge is 0.246 e. The van der Waals surface area contributed by atoms with Crippen LogP contribution in [0.15, 0.2) is 55.2 Å². The number of nitrogens with one attached hydrogen (secondary N) is 2. The second-order valence-corrected chi connectivity index (χ2v) is 8.05. The first-order valence-corrected chi connectivity index (χ1v) is 10.6. The number of hydrogen-bond donors (Lipinski definition) is 3. The van der Waals surface area contributed by atoms with Crippen LogP contribution in [0.4, 0.5) is 0 Å². The maximum atomic E-state index is 11.7. The summed E-state index contributed by atoms with van der Waals surface area (Å²) < 4.78 is 0. The van der Waals surface area contributed by atoms with Gasteiger partial charge in [-0.3, -0.25) is 20.4 Å². The van der Waals surface area contributed by atoms with Crippen molar-refractivity contribution in [3.05, 3.63) is 71.9 Å². The molecule has 6 heteroatoms. The van der Waals surface area contributed by atoms with Crippen molar-refractivity contribution < 1.29 is 10.0 Å². The Balaban J connectivity index is 1.69. The van der Waals surface area contributed by atoms with Crippen LogP contribution in [0.1, 0.15) is 36.5 Å². The number of amides is 1. The van der Waals surface area contributed by atoms with Crippen molar-refractivity contribution >= 4 is 17.7 Å². The van der Waals surface area contributed by atoms with E-state index in [0.717, 1.165) is 23.4 Å². The fraction of sp³-hybridized carbons (Fsp3) is 0.320. The lowest BCUT2D eigenvalue weighted by atomic mass is 9.94. The lowest BCUT2D eigenvalue weighted by molar-refractivity contribution is -0.133. The zero-order valence-corrected chi connectivity index (χ0v) is 18.6. The Morgan fingerprint density at radius 2 is 1.87 bits per heavy atom. The molecule has 3 N–H and O–H groups in total. The Morgan fingerprint density at radius 1 is 1.16 bits per heavy atom. The minimum absolute atomic E-state index is 0.217. The second-order valence-electron chi connectivity index (χ2n) is 8.05. The number of carbonyl (C=O) groups is 1. The first-order valence-electron chi connectivity index (χ1n) is 10.6. The van der Waals surface area contributed by atoms with E-state index in [1.165, 1.54) is 16.7 Å². The van der Waals surface area contributed by atoms with Crippen LogP contribution >= 0.6 is 0 Å². The van der Waals surface area contributed by atoms with Crippen LogP contribution in [-0.2, 0) is 11.3 Å². The standard InChI is InChI=1S/C25H32N4O2/c1-5-20(25(30)27-31)12-14-29-15-13-23-16-22(10-11-24(23)18(29)2)21-8-6-19(7-9-21)17-26-28(3)4/h6-11,13,15-16,20,26,31H,2,5,12,14,17H2,1,3-4H3,(H,27,30)/t20-/m1/s1. The summed E-state index contributed by atoms with van der Waals surface area (Å²) in [6, 6.07) is 15.0. The molecule has 0 saturated carbocycles. The van der Waals surface area contributed by atoms with Crippen LogP contribution in [0.25, 0.3) is 22.9 Å². The highest BCUT2D eigenvalue weighted by Gasteiger charge is 2.20. The van der Waals surface area contributed by atoms with Gasteiger partial charge >= 0.3 is 0 Å². The highest BCUT2D eigenvalue weighted by Crippen LogP contribution is 2.32. The molecule has 164 valence electrons. The van der Waals surface area contributed by atoms with Crippen LogP contribution < -0.4 is 10.9 Å². The van der Waals surface area contributed by atoms with Gasteiger partial charge in [0.05, 0.1) is 0 Å². The Kier molecular flexibility index (Phi) is 7.63. The van der Waals surface area contributed by atoms with Gasteiger partial charge in [0.1, 0.15) is 0 Å². The van der Waals surface area contributed by atoms with Gasteiger partial charge in [-0.05, 0) is 47.2 Å². The van der Waals surface area contributed by atoms with E-state index in [2.05, 4.69) is 65.4 Å². The summed E-state index contributed by atoms with van der Waals surface area (Å²) in [6.45, 7) is 7.69. The molecule has 1 aliphatic rings. The van der Waals surface area contributed by atoms with Gasteiger partial charge in [0.15, 0.2) is 0 Å². The molecule has 2 aromatic rings. The largest absolute Gasteiger partial charge is 0.348 e. The van der Waals surface area contributed by atoms with Crippen LogP contribution in [0.3, 0.4) is 0 Å². The third-order valence-electron chi connectivity index (χ3n) is 5.72. The van der Waals surface area contributed by atoms with Crippen molar-refractivity contribution in [1.82, 2.24) is 20.8 Å². The number of rotatable bonds is 9. The van der Waals surface area contributed by atoms with Crippen LogP contribution in [0.2, 0.25) is 0 Å². The van der Waals surface area contributed by atoms with Gasteiger partial charge in [0, 0.05) is 50.6 Å². The van der Waals surface area contributed by atoms with Gasteiger partial charge in [0.2, 0.25) is 5.91 Å². The molecule has 0 bridgehead atoms. The fourth-order valence-corrected chi connectivity index (χ4v) is 3.74. The molecular formula is C25H32N4O2. The topological polar surface area (TPSA) is 67.8 Å². The molecule has 6 nitrogen and oxygen atoms in total. The molecule has 31 heavy (non-hydrogen) atoms. The number of fused-ring (bicyclic) bond motifs is 1. The average Bonchev–Trinajstić information content (AvgIpc) is 2.79. The van der Waals surface area contributed by atoms with Crippen molar-refractivity contribution in [2.75, 3.05) is 20.6 Å². The van der Waals surface area contributed by atoms with E-state index >= 15 is 0 Å². The zero-order chi connectivity index (χ0) is 22.4. The van der Waals surface area contributed by atoms with Gasteiger partial charge in [-0.25, -0.2) is 5.48 Å². The third kappa shape index (κ3) is 5.61. The average molecular weight is 421 g/mol. The Bertz CT molecular complexity index is 950. The van der Waals surface area contributed by atoms with Crippen molar-refractivity contribution in [3.63, 3.8) is 0 Å². The van der Waals surface area contributed by atoms with E-state index in [0.29, 0.717) is 19.4 Å². The molecule has 3 rings (SSSR count). The minimum atomic E-state index is -0.331. The first kappa shape index (κ1) is 22.7. The van der Waals surface area contributed by atoms with E-state index in [1.807, 2.05) is 32.2 Å². The monoisotopic (exact) mass is 420 g/mol. The van der Waals surface area contributed by atoms with Crippen molar-refractivity contribution in [1.29, 1.82) is 0 Å². The number of hydrazine groups is 1. The predicted molar refractivity (Wildman–Crippen MR) is 126 cm³/mol. The van der Waals surface area contributed by atoms with E-state index < -0.39 is 0 Å². The molecule has 1 atom stereocenters. The van der Waals surface area contributed by atoms with Gasteiger partial charge in [-0.15, -0.1) is 0 Å². The van der Waals surface area contributed by atoms with Crippen LogP contribution in [-0.4, -0.2) is 41.7 Å². The number of carbonyl (C=O) groups excluding carboxylic acids is 1. The Morgan fingerprint density at radius 3 is 2.52 bits per heavy atom. The summed E-state index contributed by atoms with van der Waals surface area (Å²) in [7, 11) is 3.97. The molecule has 0 radical (unpaired) electrons. The molecule has 0 fully saturated rings. The van der Waals surface area contributed by atoms with E-state index in [-0.39, 0.29) is 11.8 Å². The molecular weight excluding hydrogens is 388 g/mol. The maximum absolute atomic E-state index is 11.7. The molecule has 0 unspecified atom stereocenters. The molecule has 2 aromatic carbocycles. The van der Waals surface area contributed by atoms with E-state index in [4.69, 9.17) is 5.21 Å². The number of hydrogen-bond acceptors (Lipinski definition) is 5. The summed E-state index contributed by atoms with van der Waals surface area (Å²) in [6.07, 6.45) is 5.44. The summed E-state index contributed by atoms with van der Waals surface area (Å²) in [5, 5.41) is 10.8. The molecule has 0 spiro atoms. The number of hydroxylamine groups is 1. The van der Waals surface area contributed by atoms with Gasteiger partial charge < -0.3 is 4.90 Å². The van der Waals surface area contributed by atoms with Crippen molar-refractivity contribution in [2.45, 2.75) is 26.3 Å². The minimum Gasteiger partial charge on any atom is -0.348 e. The van der Waals surface area contributed by atoms with Gasteiger partial charge in [-0.1, -0.05) is 49.9 Å². The van der Waals surface area contributed by atoms with Gasteiger partial charge in [-0.2, -0.15) is 0 Å². The summed E-state index contributed by atoms with van der Waals surface area (Å²) >= 11 is 0. The lowest BCUT2D eigenvalue weighted by Gasteiger charge is -2.29. The number of benzene rings is 2. The fourth-order valence-electron chi connectivity index (χ4n) is 3.74. The zero-order valence-electron chi connectivity index (χ0n) is 18.6. The Hall–Kier alpha value is -2.93. The van der Waals surface area contributed by atoms with Crippen LogP contribution in [0.5, 0.6) is 0 Å². The summed E-state index contributed by atoms with van der Waals surface area (Å²) in [5.41, 5.74) is 11.8. The lowest BCUT2D eigenvalue weighted by Crippen LogP contribution is -2.30. The normalized spacial score (nSPS) is 14.0. The summed E-state index contributed by atoms with van der Waals surface area (Å²) in [5.74, 6) is -0.548. The van der Waals surface area contributed by atoms with Crippen molar-refractivity contribution in [3.8, 4) is 11.1 Å². The molecule has 1 aliphatic heterocycles. The summed E-state index contributed by atoms with van der Waals surface area (Å²) in [4.78, 5) is 13.8. The molecule has 0 saturated heterocycles.